The lowest BCUT2D eigenvalue weighted by Crippen LogP contribution is -2.32. The predicted octanol–water partition coefficient (Wildman–Crippen LogP) is 5.03. The van der Waals surface area contributed by atoms with Gasteiger partial charge in [0, 0.05) is 4.47 Å². The van der Waals surface area contributed by atoms with Crippen molar-refractivity contribution in [2.75, 3.05) is 5.32 Å². The number of thiocarbonyl (C=S) groups is 1. The molecule has 110 valence electrons. The maximum Gasteiger partial charge on any atom is 0.171 e. The Morgan fingerprint density at radius 1 is 1.19 bits per heavy atom. The molecule has 0 aliphatic rings. The third-order valence-corrected chi connectivity index (χ3v) is 3.86. The second kappa shape index (κ2) is 7.52. The molecule has 0 heterocycles. The first-order chi connectivity index (χ1) is 10.1. The molecule has 2 N–H and O–H groups in total. The minimum absolute atomic E-state index is 0.0878. The van der Waals surface area contributed by atoms with E-state index in [0.717, 1.165) is 16.5 Å². The Morgan fingerprint density at radius 3 is 2.48 bits per heavy atom. The maximum absolute atomic E-state index is 13.6. The van der Waals surface area contributed by atoms with Crippen LogP contribution in [0.5, 0.6) is 0 Å². The fourth-order valence-corrected chi connectivity index (χ4v) is 2.51. The van der Waals surface area contributed by atoms with Crippen molar-refractivity contribution in [3.05, 3.63) is 64.4 Å². The van der Waals surface area contributed by atoms with E-state index in [1.54, 1.807) is 18.2 Å². The Balaban J connectivity index is 2.03. The topological polar surface area (TPSA) is 24.1 Å². The molecule has 0 radical (unpaired) electrons. The van der Waals surface area contributed by atoms with Gasteiger partial charge in [0.15, 0.2) is 5.11 Å². The van der Waals surface area contributed by atoms with Crippen molar-refractivity contribution < 1.29 is 4.39 Å². The molecule has 0 bridgehead atoms. The van der Waals surface area contributed by atoms with E-state index in [1.165, 1.54) is 6.07 Å². The zero-order chi connectivity index (χ0) is 15.2. The van der Waals surface area contributed by atoms with Crippen LogP contribution in [0.15, 0.2) is 53.0 Å². The summed E-state index contributed by atoms with van der Waals surface area (Å²) in [4.78, 5) is 0. The van der Waals surface area contributed by atoms with Gasteiger partial charge >= 0.3 is 0 Å². The smallest absolute Gasteiger partial charge is 0.171 e. The van der Waals surface area contributed by atoms with Crippen molar-refractivity contribution in [1.82, 2.24) is 5.32 Å². The van der Waals surface area contributed by atoms with E-state index in [0.29, 0.717) is 10.8 Å². The highest BCUT2D eigenvalue weighted by atomic mass is 79.9. The summed E-state index contributed by atoms with van der Waals surface area (Å²) in [6, 6.07) is 14.6. The van der Waals surface area contributed by atoms with E-state index in [-0.39, 0.29) is 11.9 Å². The molecule has 21 heavy (non-hydrogen) atoms. The van der Waals surface area contributed by atoms with Gasteiger partial charge in [0.2, 0.25) is 0 Å². The van der Waals surface area contributed by atoms with Gasteiger partial charge in [-0.05, 0) is 48.5 Å². The van der Waals surface area contributed by atoms with Crippen molar-refractivity contribution in [3.8, 4) is 0 Å². The van der Waals surface area contributed by atoms with E-state index in [4.69, 9.17) is 12.2 Å². The van der Waals surface area contributed by atoms with Crippen molar-refractivity contribution in [3.63, 3.8) is 0 Å². The summed E-state index contributed by atoms with van der Waals surface area (Å²) in [6.45, 7) is 2.07. The Kier molecular flexibility index (Phi) is 5.70. The number of rotatable bonds is 4. The third kappa shape index (κ3) is 4.51. The Hall–Kier alpha value is -1.46. The molecule has 0 aromatic heterocycles. The van der Waals surface area contributed by atoms with Crippen LogP contribution in [-0.4, -0.2) is 5.11 Å². The van der Waals surface area contributed by atoms with Crippen LogP contribution in [0.25, 0.3) is 0 Å². The second-order valence-corrected chi connectivity index (χ2v) is 5.91. The minimum Gasteiger partial charge on any atom is -0.356 e. The van der Waals surface area contributed by atoms with Crippen molar-refractivity contribution in [1.29, 1.82) is 0 Å². The molecule has 0 saturated heterocycles. The highest BCUT2D eigenvalue weighted by Crippen LogP contribution is 2.20. The molecule has 5 heteroatoms. The van der Waals surface area contributed by atoms with Crippen LogP contribution in [0.2, 0.25) is 0 Å². The fourth-order valence-electron chi connectivity index (χ4n) is 2.00. The molecule has 2 aromatic carbocycles. The molecule has 1 atom stereocenters. The fraction of sp³-hybridized carbons (Fsp3) is 0.188. The van der Waals surface area contributed by atoms with Crippen LogP contribution < -0.4 is 10.6 Å². The third-order valence-electron chi connectivity index (χ3n) is 3.11. The number of benzene rings is 2. The van der Waals surface area contributed by atoms with Gasteiger partial charge in [-0.15, -0.1) is 0 Å². The van der Waals surface area contributed by atoms with Crippen LogP contribution in [0.3, 0.4) is 0 Å². The summed E-state index contributed by atoms with van der Waals surface area (Å²) in [5, 5.41) is 6.52. The largest absolute Gasteiger partial charge is 0.356 e. The number of hydrogen-bond acceptors (Lipinski definition) is 1. The molecule has 2 rings (SSSR count). The van der Waals surface area contributed by atoms with Crippen LogP contribution in [-0.2, 0) is 0 Å². The summed E-state index contributed by atoms with van der Waals surface area (Å²) in [5.74, 6) is -0.321. The van der Waals surface area contributed by atoms with Gasteiger partial charge in [-0.1, -0.05) is 47.1 Å². The number of para-hydroxylation sites is 1. The Bertz CT molecular complexity index is 616. The summed E-state index contributed by atoms with van der Waals surface area (Å²) in [6.07, 6.45) is 0.876. The van der Waals surface area contributed by atoms with Crippen LogP contribution in [0.1, 0.15) is 24.9 Å². The predicted molar refractivity (Wildman–Crippen MR) is 92.9 cm³/mol. The van der Waals surface area contributed by atoms with E-state index in [9.17, 15) is 4.39 Å². The molecular formula is C16H16BrFN2S. The van der Waals surface area contributed by atoms with Gasteiger partial charge in [0.1, 0.15) is 5.82 Å². The molecule has 0 spiro atoms. The summed E-state index contributed by atoms with van der Waals surface area (Å²) < 4.78 is 14.6. The number of anilines is 1. The summed E-state index contributed by atoms with van der Waals surface area (Å²) in [7, 11) is 0. The average Bonchev–Trinajstić information content (AvgIpc) is 2.48. The number of nitrogens with one attached hydrogen (secondary N) is 2. The van der Waals surface area contributed by atoms with Crippen molar-refractivity contribution >= 4 is 38.9 Å². The lowest BCUT2D eigenvalue weighted by Gasteiger charge is -2.20. The molecule has 2 aromatic rings. The normalized spacial score (nSPS) is 11.8. The number of hydrogen-bond donors (Lipinski definition) is 2. The Labute approximate surface area is 137 Å². The van der Waals surface area contributed by atoms with Crippen LogP contribution in [0.4, 0.5) is 10.1 Å². The zero-order valence-electron chi connectivity index (χ0n) is 11.6. The monoisotopic (exact) mass is 366 g/mol. The highest BCUT2D eigenvalue weighted by molar-refractivity contribution is 9.10. The molecule has 0 aliphatic heterocycles. The van der Waals surface area contributed by atoms with E-state index >= 15 is 0 Å². The first-order valence-corrected chi connectivity index (χ1v) is 7.87. The van der Waals surface area contributed by atoms with E-state index in [2.05, 4.69) is 33.5 Å². The number of halogens is 2. The second-order valence-electron chi connectivity index (χ2n) is 4.59. The lowest BCUT2D eigenvalue weighted by molar-refractivity contribution is 0.624. The maximum atomic E-state index is 13.6. The quantitative estimate of drug-likeness (QED) is 0.742. The van der Waals surface area contributed by atoms with E-state index in [1.807, 2.05) is 24.3 Å². The first-order valence-electron chi connectivity index (χ1n) is 6.67. The Morgan fingerprint density at radius 2 is 1.86 bits per heavy atom. The molecular weight excluding hydrogens is 351 g/mol. The summed E-state index contributed by atoms with van der Waals surface area (Å²) >= 11 is 8.69. The molecule has 0 fully saturated rings. The van der Waals surface area contributed by atoms with Gasteiger partial charge in [-0.25, -0.2) is 4.39 Å². The molecule has 0 aliphatic carbocycles. The minimum atomic E-state index is -0.321. The molecule has 0 saturated carbocycles. The molecule has 2 nitrogen and oxygen atoms in total. The summed E-state index contributed by atoms with van der Waals surface area (Å²) in [5.41, 5.74) is 1.51. The van der Waals surface area contributed by atoms with Crippen LogP contribution in [0, 0.1) is 5.82 Å². The van der Waals surface area contributed by atoms with Crippen molar-refractivity contribution in [2.24, 2.45) is 0 Å². The first kappa shape index (κ1) is 15.9. The molecule has 0 unspecified atom stereocenters. The van der Waals surface area contributed by atoms with Gasteiger partial charge in [-0.3, -0.25) is 0 Å². The SMILES string of the molecule is CC[C@@H](NC(=S)Nc1ccccc1F)c1ccc(Br)cc1. The van der Waals surface area contributed by atoms with Gasteiger partial charge in [0.25, 0.3) is 0 Å². The van der Waals surface area contributed by atoms with Gasteiger partial charge in [-0.2, -0.15) is 0 Å². The van der Waals surface area contributed by atoms with Crippen LogP contribution >= 0.6 is 28.1 Å². The van der Waals surface area contributed by atoms with Gasteiger partial charge < -0.3 is 10.6 Å². The average molecular weight is 367 g/mol. The van der Waals surface area contributed by atoms with Gasteiger partial charge in [0.05, 0.1) is 11.7 Å². The highest BCUT2D eigenvalue weighted by Gasteiger charge is 2.11. The lowest BCUT2D eigenvalue weighted by atomic mass is 10.1. The molecule has 0 amide bonds. The zero-order valence-corrected chi connectivity index (χ0v) is 14.0. The standard InChI is InChI=1S/C16H16BrFN2S/c1-2-14(11-7-9-12(17)10-8-11)19-16(21)20-15-6-4-3-5-13(15)18/h3-10,14H,2H2,1H3,(H2,19,20,21)/t14-/m1/s1. The van der Waals surface area contributed by atoms with E-state index < -0.39 is 0 Å². The van der Waals surface area contributed by atoms with Crippen molar-refractivity contribution in [2.45, 2.75) is 19.4 Å².